The lowest BCUT2D eigenvalue weighted by Crippen LogP contribution is -1.92. The minimum Gasteiger partial charge on any atom is -0.205 e. The molecular weight excluding hydrogens is 189 g/mol. The minimum atomic E-state index is -2.61. The van der Waals surface area contributed by atoms with Gasteiger partial charge in [0.1, 0.15) is 5.82 Å². The molecule has 0 saturated carbocycles. The van der Waals surface area contributed by atoms with Crippen molar-refractivity contribution in [3.05, 3.63) is 34.1 Å². The van der Waals surface area contributed by atoms with Crippen molar-refractivity contribution in [3.63, 3.8) is 0 Å². The van der Waals surface area contributed by atoms with Crippen LogP contribution in [0.3, 0.4) is 0 Å². The molecule has 0 spiro atoms. The molecule has 0 aliphatic heterocycles. The number of benzene rings is 1. The molecule has 0 aliphatic carbocycles. The van der Waals surface area contributed by atoms with Crippen LogP contribution in [0.2, 0.25) is 5.02 Å². The van der Waals surface area contributed by atoms with Crippen LogP contribution >= 0.6 is 11.6 Å². The van der Waals surface area contributed by atoms with Crippen LogP contribution < -0.4 is 0 Å². The maximum Gasteiger partial charge on any atom is 0.264 e. The summed E-state index contributed by atoms with van der Waals surface area (Å²) in [7, 11) is 0. The molecule has 0 heterocycles. The molecule has 66 valence electrons. The summed E-state index contributed by atoms with van der Waals surface area (Å²) < 4.78 is 37.0. The third-order valence-electron chi connectivity index (χ3n) is 1.62. The summed E-state index contributed by atoms with van der Waals surface area (Å²) in [5.41, 5.74) is -0.118. The van der Waals surface area contributed by atoms with E-state index in [1.807, 2.05) is 0 Å². The first-order valence-corrected chi connectivity index (χ1v) is 3.64. The van der Waals surface area contributed by atoms with Crippen LogP contribution in [0.15, 0.2) is 12.1 Å². The number of alkyl halides is 2. The lowest BCUT2D eigenvalue weighted by atomic mass is 10.1. The standard InChI is InChI=1S/C8H6ClF3/c1-4-5(8(11)12)2-3-6(10)7(4)9/h2-3,8H,1H3. The zero-order valence-corrected chi connectivity index (χ0v) is 7.00. The molecule has 0 radical (unpaired) electrons. The van der Waals surface area contributed by atoms with E-state index in [2.05, 4.69) is 0 Å². The van der Waals surface area contributed by atoms with E-state index in [1.54, 1.807) is 0 Å². The molecular formula is C8H6ClF3. The quantitative estimate of drug-likeness (QED) is 0.639. The van der Waals surface area contributed by atoms with E-state index in [-0.39, 0.29) is 16.1 Å². The van der Waals surface area contributed by atoms with Gasteiger partial charge in [-0.2, -0.15) is 0 Å². The average molecular weight is 195 g/mol. The zero-order chi connectivity index (χ0) is 9.30. The number of rotatable bonds is 1. The summed E-state index contributed by atoms with van der Waals surface area (Å²) in [4.78, 5) is 0. The smallest absolute Gasteiger partial charge is 0.205 e. The molecule has 12 heavy (non-hydrogen) atoms. The van der Waals surface area contributed by atoms with Crippen LogP contribution in [0.1, 0.15) is 17.6 Å². The maximum atomic E-state index is 12.6. The fourth-order valence-electron chi connectivity index (χ4n) is 0.903. The summed E-state index contributed by atoms with van der Waals surface area (Å²) >= 11 is 5.42. The van der Waals surface area contributed by atoms with Gasteiger partial charge in [-0.25, -0.2) is 13.2 Å². The third-order valence-corrected chi connectivity index (χ3v) is 2.08. The van der Waals surface area contributed by atoms with Gasteiger partial charge in [0.25, 0.3) is 6.43 Å². The normalized spacial score (nSPS) is 10.8. The number of hydrogen-bond donors (Lipinski definition) is 0. The molecule has 0 saturated heterocycles. The molecule has 1 rings (SSSR count). The highest BCUT2D eigenvalue weighted by Crippen LogP contribution is 2.29. The highest BCUT2D eigenvalue weighted by atomic mass is 35.5. The lowest BCUT2D eigenvalue weighted by Gasteiger charge is -2.06. The average Bonchev–Trinajstić information content (AvgIpc) is 2.00. The molecule has 0 N–H and O–H groups in total. The third kappa shape index (κ3) is 1.55. The van der Waals surface area contributed by atoms with Crippen molar-refractivity contribution in [1.82, 2.24) is 0 Å². The first-order valence-electron chi connectivity index (χ1n) is 3.26. The van der Waals surface area contributed by atoms with Crippen LogP contribution in [0.25, 0.3) is 0 Å². The van der Waals surface area contributed by atoms with Gasteiger partial charge in [0.2, 0.25) is 0 Å². The SMILES string of the molecule is Cc1c(C(F)F)ccc(F)c1Cl. The first kappa shape index (κ1) is 9.39. The molecule has 0 aliphatic rings. The van der Waals surface area contributed by atoms with Crippen molar-refractivity contribution in [2.45, 2.75) is 13.3 Å². The molecule has 0 nitrogen and oxygen atoms in total. The van der Waals surface area contributed by atoms with Crippen molar-refractivity contribution in [2.75, 3.05) is 0 Å². The second kappa shape index (κ2) is 3.35. The Morgan fingerprint density at radius 3 is 2.42 bits per heavy atom. The Kier molecular flexibility index (Phi) is 2.62. The summed E-state index contributed by atoms with van der Waals surface area (Å²) in [5.74, 6) is -0.668. The van der Waals surface area contributed by atoms with E-state index >= 15 is 0 Å². The zero-order valence-electron chi connectivity index (χ0n) is 6.24. The van der Waals surface area contributed by atoms with Gasteiger partial charge in [-0.05, 0) is 18.6 Å². The highest BCUT2D eigenvalue weighted by Gasteiger charge is 2.14. The molecule has 0 atom stereocenters. The topological polar surface area (TPSA) is 0 Å². The molecule has 0 amide bonds. The molecule has 0 unspecified atom stereocenters. The second-order valence-electron chi connectivity index (χ2n) is 2.38. The lowest BCUT2D eigenvalue weighted by molar-refractivity contribution is 0.150. The fraction of sp³-hybridized carbons (Fsp3) is 0.250. The van der Waals surface area contributed by atoms with Gasteiger partial charge in [0, 0.05) is 5.56 Å². The number of halogens is 4. The van der Waals surface area contributed by atoms with Gasteiger partial charge in [0.05, 0.1) is 5.02 Å². The summed E-state index contributed by atoms with van der Waals surface area (Å²) in [6.07, 6.45) is -2.61. The second-order valence-corrected chi connectivity index (χ2v) is 2.75. The van der Waals surface area contributed by atoms with Crippen LogP contribution in [0.5, 0.6) is 0 Å². The Hall–Kier alpha value is -0.700. The Bertz CT molecular complexity index is 297. The largest absolute Gasteiger partial charge is 0.264 e. The van der Waals surface area contributed by atoms with Crippen molar-refractivity contribution >= 4 is 11.6 Å². The monoisotopic (exact) mass is 194 g/mol. The summed E-state index contributed by atoms with van der Waals surface area (Å²) in [6, 6.07) is 1.98. The van der Waals surface area contributed by atoms with Crippen molar-refractivity contribution in [3.8, 4) is 0 Å². The van der Waals surface area contributed by atoms with E-state index in [0.717, 1.165) is 12.1 Å². The molecule has 0 bridgehead atoms. The van der Waals surface area contributed by atoms with Crippen LogP contribution in [0, 0.1) is 12.7 Å². The molecule has 0 aromatic heterocycles. The Balaban J connectivity index is 3.27. The number of hydrogen-bond acceptors (Lipinski definition) is 0. The predicted molar refractivity (Wildman–Crippen MR) is 41.1 cm³/mol. The van der Waals surface area contributed by atoms with E-state index < -0.39 is 12.2 Å². The van der Waals surface area contributed by atoms with Gasteiger partial charge in [-0.1, -0.05) is 17.7 Å². The minimum absolute atomic E-state index is 0.103. The maximum absolute atomic E-state index is 12.6. The van der Waals surface area contributed by atoms with Gasteiger partial charge >= 0.3 is 0 Å². The summed E-state index contributed by atoms with van der Waals surface area (Å²) in [6.45, 7) is 1.37. The van der Waals surface area contributed by atoms with Gasteiger partial charge in [0.15, 0.2) is 0 Å². The van der Waals surface area contributed by atoms with E-state index in [0.29, 0.717) is 0 Å². The highest BCUT2D eigenvalue weighted by molar-refractivity contribution is 6.31. The Morgan fingerprint density at radius 1 is 1.33 bits per heavy atom. The van der Waals surface area contributed by atoms with Crippen LogP contribution in [0.4, 0.5) is 13.2 Å². The van der Waals surface area contributed by atoms with Crippen LogP contribution in [-0.4, -0.2) is 0 Å². The fourth-order valence-corrected chi connectivity index (χ4v) is 1.08. The van der Waals surface area contributed by atoms with E-state index in [9.17, 15) is 13.2 Å². The first-order chi connectivity index (χ1) is 5.54. The molecule has 1 aromatic rings. The molecule has 0 fully saturated rings. The van der Waals surface area contributed by atoms with E-state index in [4.69, 9.17) is 11.6 Å². The molecule has 1 aromatic carbocycles. The van der Waals surface area contributed by atoms with E-state index in [1.165, 1.54) is 6.92 Å². The van der Waals surface area contributed by atoms with Gasteiger partial charge in [-0.15, -0.1) is 0 Å². The summed E-state index contributed by atoms with van der Waals surface area (Å²) in [5, 5.41) is -0.229. The van der Waals surface area contributed by atoms with Crippen molar-refractivity contribution in [2.24, 2.45) is 0 Å². The Morgan fingerprint density at radius 2 is 1.92 bits per heavy atom. The Labute approximate surface area is 73.0 Å². The van der Waals surface area contributed by atoms with Crippen molar-refractivity contribution in [1.29, 1.82) is 0 Å². The van der Waals surface area contributed by atoms with Gasteiger partial charge in [-0.3, -0.25) is 0 Å². The predicted octanol–water partition coefficient (Wildman–Crippen LogP) is 3.73. The van der Waals surface area contributed by atoms with Gasteiger partial charge < -0.3 is 0 Å². The molecule has 4 heteroatoms. The van der Waals surface area contributed by atoms with Crippen molar-refractivity contribution < 1.29 is 13.2 Å². The van der Waals surface area contributed by atoms with Crippen LogP contribution in [-0.2, 0) is 0 Å².